The molecule has 0 radical (unpaired) electrons. The fourth-order valence-corrected chi connectivity index (χ4v) is 3.55. The lowest BCUT2D eigenvalue weighted by atomic mass is 10.2. The summed E-state index contributed by atoms with van der Waals surface area (Å²) in [4.78, 5) is 33.9. The van der Waals surface area contributed by atoms with Gasteiger partial charge in [0.05, 0.1) is 11.5 Å². The Kier molecular flexibility index (Phi) is 12.4. The predicted molar refractivity (Wildman–Crippen MR) is 94.3 cm³/mol. The Morgan fingerprint density at radius 3 is 1.31 bits per heavy atom. The van der Waals surface area contributed by atoms with Gasteiger partial charge >= 0.3 is 11.9 Å². The molecule has 0 aliphatic rings. The van der Waals surface area contributed by atoms with Crippen molar-refractivity contribution in [2.24, 2.45) is 0 Å². The lowest BCUT2D eigenvalue weighted by Crippen LogP contribution is -2.37. The van der Waals surface area contributed by atoms with E-state index in [1.807, 2.05) is 13.8 Å². The van der Waals surface area contributed by atoms with Crippen LogP contribution >= 0.6 is 0 Å². The molecule has 0 saturated carbocycles. The highest BCUT2D eigenvalue weighted by Crippen LogP contribution is 2.02. The maximum atomic E-state index is 11.6. The van der Waals surface area contributed by atoms with Gasteiger partial charge < -0.3 is 9.68 Å². The molecule has 10 nitrogen and oxygen atoms in total. The van der Waals surface area contributed by atoms with Crippen LogP contribution in [0.3, 0.4) is 0 Å². The SMILES string of the molecule is CCCCCCS(=O)(=O)NOC(=O)C(=O)ONS(=O)(=O)CCCCCC. The molecule has 0 fully saturated rings. The first kappa shape index (κ1) is 24.8. The van der Waals surface area contributed by atoms with E-state index in [0.29, 0.717) is 25.7 Å². The number of hydrogen-bond acceptors (Lipinski definition) is 8. The monoisotopic (exact) mass is 416 g/mol. The molecule has 0 amide bonds. The number of carbonyl (C=O) groups excluding carboxylic acids is 2. The molecule has 0 aromatic rings. The Morgan fingerprint density at radius 1 is 0.654 bits per heavy atom. The van der Waals surface area contributed by atoms with Crippen LogP contribution in [0.4, 0.5) is 0 Å². The van der Waals surface area contributed by atoms with Crippen molar-refractivity contribution in [3.05, 3.63) is 0 Å². The van der Waals surface area contributed by atoms with Crippen molar-refractivity contribution in [3.8, 4) is 0 Å². The second-order valence-corrected chi connectivity index (χ2v) is 9.31. The zero-order valence-electron chi connectivity index (χ0n) is 15.2. The Hall–Kier alpha value is -1.24. The molecule has 0 spiro atoms. The zero-order valence-corrected chi connectivity index (χ0v) is 16.8. The first-order chi connectivity index (χ1) is 12.1. The minimum Gasteiger partial charge on any atom is -0.346 e. The predicted octanol–water partition coefficient (Wildman–Crippen LogP) is 0.902. The second-order valence-electron chi connectivity index (χ2n) is 5.70. The van der Waals surface area contributed by atoms with Crippen LogP contribution in [-0.2, 0) is 39.3 Å². The van der Waals surface area contributed by atoms with E-state index in [4.69, 9.17) is 0 Å². The van der Waals surface area contributed by atoms with E-state index in [0.717, 1.165) is 25.7 Å². The van der Waals surface area contributed by atoms with Gasteiger partial charge in [0.2, 0.25) is 20.0 Å². The first-order valence-corrected chi connectivity index (χ1v) is 11.8. The van der Waals surface area contributed by atoms with Crippen LogP contribution in [0.15, 0.2) is 0 Å². The van der Waals surface area contributed by atoms with E-state index in [2.05, 4.69) is 9.68 Å². The molecule has 26 heavy (non-hydrogen) atoms. The number of sulfonamides is 2. The van der Waals surface area contributed by atoms with Gasteiger partial charge in [0.1, 0.15) is 0 Å². The first-order valence-electron chi connectivity index (χ1n) is 8.54. The van der Waals surface area contributed by atoms with Gasteiger partial charge in [0.25, 0.3) is 0 Å². The number of carbonyl (C=O) groups is 2. The van der Waals surface area contributed by atoms with Crippen molar-refractivity contribution in [2.45, 2.75) is 65.2 Å². The summed E-state index contributed by atoms with van der Waals surface area (Å²) in [7, 11) is -7.78. The van der Waals surface area contributed by atoms with E-state index in [9.17, 15) is 26.4 Å². The number of nitrogens with one attached hydrogen (secondary N) is 2. The van der Waals surface area contributed by atoms with Gasteiger partial charge in [-0.15, -0.1) is 0 Å². The van der Waals surface area contributed by atoms with Crippen LogP contribution < -0.4 is 9.77 Å². The average Bonchev–Trinajstić information content (AvgIpc) is 2.58. The molecule has 0 aromatic carbocycles. The summed E-state index contributed by atoms with van der Waals surface area (Å²) < 4.78 is 46.2. The Labute approximate surface area is 155 Å². The van der Waals surface area contributed by atoms with E-state index >= 15 is 0 Å². The third kappa shape index (κ3) is 13.0. The summed E-state index contributed by atoms with van der Waals surface area (Å²) in [6, 6.07) is 0. The quantitative estimate of drug-likeness (QED) is 0.241. The molecule has 0 atom stereocenters. The topological polar surface area (TPSA) is 145 Å². The summed E-state index contributed by atoms with van der Waals surface area (Å²) in [5.41, 5.74) is 0. The zero-order chi connectivity index (χ0) is 20.1. The molecule has 0 aliphatic carbocycles. The van der Waals surface area contributed by atoms with Gasteiger partial charge in [-0.1, -0.05) is 52.4 Å². The molecule has 0 aromatic heterocycles. The van der Waals surface area contributed by atoms with Gasteiger partial charge in [-0.3, -0.25) is 0 Å². The number of unbranched alkanes of at least 4 members (excludes halogenated alkanes) is 6. The largest absolute Gasteiger partial charge is 0.438 e. The van der Waals surface area contributed by atoms with Crippen LogP contribution in [-0.4, -0.2) is 40.3 Å². The lowest BCUT2D eigenvalue weighted by Gasteiger charge is -2.08. The molecule has 0 aliphatic heterocycles. The van der Waals surface area contributed by atoms with E-state index in [1.54, 1.807) is 0 Å². The highest BCUT2D eigenvalue weighted by Gasteiger charge is 2.23. The van der Waals surface area contributed by atoms with Crippen molar-refractivity contribution in [1.82, 2.24) is 9.77 Å². The maximum Gasteiger partial charge on any atom is 0.438 e. The molecule has 154 valence electrons. The molecule has 2 N–H and O–H groups in total. The molecular formula is C14H28N2O8S2. The van der Waals surface area contributed by atoms with Gasteiger partial charge in [-0.05, 0) is 22.6 Å². The summed E-state index contributed by atoms with van der Waals surface area (Å²) in [5, 5.41) is 0. The van der Waals surface area contributed by atoms with Crippen LogP contribution in [0, 0.1) is 0 Å². The third-order valence-electron chi connectivity index (χ3n) is 3.22. The minimum absolute atomic E-state index is 0.264. The molecule has 12 heteroatoms. The highest BCUT2D eigenvalue weighted by atomic mass is 32.2. The number of hydrogen-bond donors (Lipinski definition) is 2. The van der Waals surface area contributed by atoms with Crippen molar-refractivity contribution in [2.75, 3.05) is 11.5 Å². The molecular weight excluding hydrogens is 388 g/mol. The van der Waals surface area contributed by atoms with Crippen LogP contribution in [0.2, 0.25) is 0 Å². The van der Waals surface area contributed by atoms with Gasteiger partial charge in [-0.25, -0.2) is 26.4 Å². The summed E-state index contributed by atoms with van der Waals surface area (Å²) >= 11 is 0. The summed E-state index contributed by atoms with van der Waals surface area (Å²) in [6.07, 6.45) is 5.78. The van der Waals surface area contributed by atoms with Crippen LogP contribution in [0.25, 0.3) is 0 Å². The average molecular weight is 417 g/mol. The van der Waals surface area contributed by atoms with Crippen molar-refractivity contribution < 1.29 is 36.1 Å². The minimum atomic E-state index is -3.89. The van der Waals surface area contributed by atoms with Gasteiger partial charge in [-0.2, -0.15) is 0 Å². The van der Waals surface area contributed by atoms with E-state index < -0.39 is 32.0 Å². The Morgan fingerprint density at radius 2 is 1.00 bits per heavy atom. The molecule has 0 rings (SSSR count). The van der Waals surface area contributed by atoms with Crippen LogP contribution in [0.5, 0.6) is 0 Å². The van der Waals surface area contributed by atoms with Crippen molar-refractivity contribution >= 4 is 32.0 Å². The number of rotatable bonds is 14. The highest BCUT2D eigenvalue weighted by molar-refractivity contribution is 7.89. The third-order valence-corrected chi connectivity index (χ3v) is 5.55. The lowest BCUT2D eigenvalue weighted by molar-refractivity contribution is -0.171. The van der Waals surface area contributed by atoms with Crippen LogP contribution in [0.1, 0.15) is 65.2 Å². The Balaban J connectivity index is 4.17. The molecule has 0 bridgehead atoms. The summed E-state index contributed by atoms with van der Waals surface area (Å²) in [6.45, 7) is 3.94. The second kappa shape index (κ2) is 13.0. The van der Waals surface area contributed by atoms with Crippen molar-refractivity contribution in [1.29, 1.82) is 0 Å². The van der Waals surface area contributed by atoms with Crippen molar-refractivity contribution in [3.63, 3.8) is 0 Å². The van der Waals surface area contributed by atoms with Gasteiger partial charge in [0, 0.05) is 0 Å². The normalized spacial score (nSPS) is 11.9. The van der Waals surface area contributed by atoms with E-state index in [-0.39, 0.29) is 11.5 Å². The standard InChI is InChI=1S/C14H28N2O8S2/c1-3-5-7-9-11-25(19,20)15-23-13(17)14(18)24-16-26(21,22)12-10-8-6-4-2/h15-16H,3-12H2,1-2H3. The fourth-order valence-electron chi connectivity index (χ4n) is 1.81. The molecule has 0 saturated heterocycles. The molecule has 0 heterocycles. The smallest absolute Gasteiger partial charge is 0.346 e. The summed E-state index contributed by atoms with van der Waals surface area (Å²) in [5.74, 6) is -3.90. The fraction of sp³-hybridized carbons (Fsp3) is 0.857. The van der Waals surface area contributed by atoms with E-state index in [1.165, 1.54) is 9.77 Å². The maximum absolute atomic E-state index is 11.6. The van der Waals surface area contributed by atoms with Gasteiger partial charge in [0.15, 0.2) is 0 Å². The molecule has 0 unspecified atom stereocenters. The Bertz CT molecular complexity index is 575.